The van der Waals surface area contributed by atoms with Gasteiger partial charge >= 0.3 is 0 Å². The average Bonchev–Trinajstić information content (AvgIpc) is 2.90. The fourth-order valence-electron chi connectivity index (χ4n) is 2.13. The van der Waals surface area contributed by atoms with E-state index in [2.05, 4.69) is 31.1 Å². The van der Waals surface area contributed by atoms with E-state index in [1.165, 1.54) is 17.0 Å². The van der Waals surface area contributed by atoms with Crippen LogP contribution in [0.4, 0.5) is 4.39 Å². The van der Waals surface area contributed by atoms with Crippen LogP contribution >= 0.6 is 11.3 Å². The normalized spacial score (nSPS) is 14.6. The molecule has 0 amide bonds. The molecular weight excluding hydrogens is 259 g/mol. The van der Waals surface area contributed by atoms with E-state index in [0.717, 1.165) is 5.56 Å². The number of thiazole rings is 1. The Hall–Kier alpha value is -1.26. The minimum Gasteiger partial charge on any atom is -0.302 e. The summed E-state index contributed by atoms with van der Waals surface area (Å²) in [5.74, 6) is 0.239. The summed E-state index contributed by atoms with van der Waals surface area (Å²) < 4.78 is 13.0. The molecule has 0 radical (unpaired) electrons. The SMILES string of the molecule is CC(NC(c1ccc(F)cc1)C(C)C)c1cncs1. The van der Waals surface area contributed by atoms with Gasteiger partial charge in [-0.3, -0.25) is 4.98 Å². The zero-order chi connectivity index (χ0) is 13.8. The van der Waals surface area contributed by atoms with E-state index in [1.54, 1.807) is 11.3 Å². The van der Waals surface area contributed by atoms with Crippen molar-refractivity contribution in [3.05, 3.63) is 52.2 Å². The molecule has 1 N–H and O–H groups in total. The second kappa shape index (κ2) is 6.26. The highest BCUT2D eigenvalue weighted by Crippen LogP contribution is 2.27. The fraction of sp³-hybridized carbons (Fsp3) is 0.400. The van der Waals surface area contributed by atoms with Crippen LogP contribution in [-0.2, 0) is 0 Å². The monoisotopic (exact) mass is 278 g/mol. The fourth-order valence-corrected chi connectivity index (χ4v) is 2.77. The molecule has 2 rings (SSSR count). The minimum absolute atomic E-state index is 0.193. The first kappa shape index (κ1) is 14.2. The number of nitrogens with zero attached hydrogens (tertiary/aromatic N) is 1. The van der Waals surface area contributed by atoms with E-state index in [-0.39, 0.29) is 17.9 Å². The van der Waals surface area contributed by atoms with E-state index < -0.39 is 0 Å². The van der Waals surface area contributed by atoms with Crippen LogP contribution in [0.15, 0.2) is 36.0 Å². The van der Waals surface area contributed by atoms with Gasteiger partial charge < -0.3 is 5.32 Å². The third-order valence-corrected chi connectivity index (χ3v) is 4.16. The Morgan fingerprint density at radius 3 is 2.37 bits per heavy atom. The first-order valence-electron chi connectivity index (χ1n) is 6.48. The predicted octanol–water partition coefficient (Wildman–Crippen LogP) is 4.33. The third kappa shape index (κ3) is 3.61. The summed E-state index contributed by atoms with van der Waals surface area (Å²) in [6, 6.07) is 7.19. The summed E-state index contributed by atoms with van der Waals surface area (Å²) in [6.07, 6.45) is 1.89. The lowest BCUT2D eigenvalue weighted by Gasteiger charge is -2.26. The zero-order valence-corrected chi connectivity index (χ0v) is 12.2. The van der Waals surface area contributed by atoms with Crippen LogP contribution in [0.2, 0.25) is 0 Å². The van der Waals surface area contributed by atoms with E-state index in [1.807, 2.05) is 23.8 Å². The van der Waals surface area contributed by atoms with Crippen molar-refractivity contribution in [3.63, 3.8) is 0 Å². The van der Waals surface area contributed by atoms with Crippen molar-refractivity contribution >= 4 is 11.3 Å². The predicted molar refractivity (Wildman–Crippen MR) is 77.6 cm³/mol. The second-order valence-corrected chi connectivity index (χ2v) is 5.98. The minimum atomic E-state index is -0.193. The van der Waals surface area contributed by atoms with Crippen molar-refractivity contribution in [2.24, 2.45) is 5.92 Å². The zero-order valence-electron chi connectivity index (χ0n) is 11.4. The molecule has 0 bridgehead atoms. The molecule has 2 atom stereocenters. The molecule has 0 aliphatic carbocycles. The molecule has 1 aromatic carbocycles. The van der Waals surface area contributed by atoms with Crippen LogP contribution < -0.4 is 5.32 Å². The number of aromatic nitrogens is 1. The first-order chi connectivity index (χ1) is 9.08. The van der Waals surface area contributed by atoms with Crippen LogP contribution in [0, 0.1) is 11.7 Å². The van der Waals surface area contributed by atoms with Crippen molar-refractivity contribution in [2.75, 3.05) is 0 Å². The maximum Gasteiger partial charge on any atom is 0.123 e. The quantitative estimate of drug-likeness (QED) is 0.880. The third-order valence-electron chi connectivity index (χ3n) is 3.20. The second-order valence-electron chi connectivity index (χ2n) is 5.07. The highest BCUT2D eigenvalue weighted by atomic mass is 32.1. The summed E-state index contributed by atoms with van der Waals surface area (Å²) in [6.45, 7) is 6.47. The van der Waals surface area contributed by atoms with Gasteiger partial charge in [-0.15, -0.1) is 11.3 Å². The lowest BCUT2D eigenvalue weighted by Crippen LogP contribution is -2.28. The maximum atomic E-state index is 13.0. The highest BCUT2D eigenvalue weighted by Gasteiger charge is 2.19. The summed E-state index contributed by atoms with van der Waals surface area (Å²) >= 11 is 1.65. The van der Waals surface area contributed by atoms with Gasteiger partial charge in [0.1, 0.15) is 5.82 Å². The molecule has 1 aromatic heterocycles. The summed E-state index contributed by atoms with van der Waals surface area (Å²) in [7, 11) is 0. The van der Waals surface area contributed by atoms with Crippen molar-refractivity contribution < 1.29 is 4.39 Å². The maximum absolute atomic E-state index is 13.0. The van der Waals surface area contributed by atoms with Gasteiger partial charge in [0.25, 0.3) is 0 Å². The molecule has 2 aromatic rings. The van der Waals surface area contributed by atoms with E-state index >= 15 is 0 Å². The Morgan fingerprint density at radius 1 is 1.16 bits per heavy atom. The number of hydrogen-bond donors (Lipinski definition) is 1. The summed E-state index contributed by atoms with van der Waals surface area (Å²) in [5.41, 5.74) is 2.96. The molecule has 0 fully saturated rings. The van der Waals surface area contributed by atoms with Gasteiger partial charge in [0.05, 0.1) is 5.51 Å². The number of hydrogen-bond acceptors (Lipinski definition) is 3. The number of benzene rings is 1. The molecule has 102 valence electrons. The molecule has 0 saturated carbocycles. The van der Waals surface area contributed by atoms with E-state index in [9.17, 15) is 4.39 Å². The lowest BCUT2D eigenvalue weighted by molar-refractivity contribution is 0.376. The number of rotatable bonds is 5. The van der Waals surface area contributed by atoms with Crippen molar-refractivity contribution in [1.82, 2.24) is 10.3 Å². The van der Waals surface area contributed by atoms with Gasteiger partial charge in [-0.05, 0) is 30.5 Å². The Labute approximate surface area is 117 Å². The van der Waals surface area contributed by atoms with Gasteiger partial charge in [-0.25, -0.2) is 4.39 Å². The molecule has 0 aliphatic heterocycles. The van der Waals surface area contributed by atoms with Crippen LogP contribution in [0.3, 0.4) is 0 Å². The topological polar surface area (TPSA) is 24.9 Å². The first-order valence-corrected chi connectivity index (χ1v) is 7.35. The van der Waals surface area contributed by atoms with Crippen molar-refractivity contribution in [3.8, 4) is 0 Å². The highest BCUT2D eigenvalue weighted by molar-refractivity contribution is 7.09. The van der Waals surface area contributed by atoms with Gasteiger partial charge in [-0.1, -0.05) is 26.0 Å². The van der Waals surface area contributed by atoms with Gasteiger partial charge in [0.2, 0.25) is 0 Å². The molecule has 4 heteroatoms. The van der Waals surface area contributed by atoms with Gasteiger partial charge in [-0.2, -0.15) is 0 Å². The van der Waals surface area contributed by atoms with Gasteiger partial charge in [0, 0.05) is 23.2 Å². The Morgan fingerprint density at radius 2 is 1.84 bits per heavy atom. The Balaban J connectivity index is 2.14. The van der Waals surface area contributed by atoms with Crippen LogP contribution in [0.25, 0.3) is 0 Å². The van der Waals surface area contributed by atoms with Crippen molar-refractivity contribution in [2.45, 2.75) is 32.9 Å². The summed E-state index contributed by atoms with van der Waals surface area (Å²) in [4.78, 5) is 5.32. The Bertz CT molecular complexity index is 493. The van der Waals surface area contributed by atoms with Crippen LogP contribution in [-0.4, -0.2) is 4.98 Å². The molecule has 1 heterocycles. The van der Waals surface area contributed by atoms with Crippen molar-refractivity contribution in [1.29, 1.82) is 0 Å². The molecule has 2 unspecified atom stereocenters. The van der Waals surface area contributed by atoms with Crippen LogP contribution in [0.1, 0.15) is 43.3 Å². The van der Waals surface area contributed by atoms with Gasteiger partial charge in [0.15, 0.2) is 0 Å². The van der Waals surface area contributed by atoms with E-state index in [0.29, 0.717) is 5.92 Å². The molecule has 0 saturated heterocycles. The van der Waals surface area contributed by atoms with E-state index in [4.69, 9.17) is 0 Å². The lowest BCUT2D eigenvalue weighted by atomic mass is 9.95. The standard InChI is InChI=1S/C15H19FN2S/c1-10(2)15(12-4-6-13(16)7-5-12)18-11(3)14-8-17-9-19-14/h4-11,15,18H,1-3H3. The number of nitrogens with one attached hydrogen (secondary N) is 1. The molecule has 0 aliphatic rings. The summed E-state index contributed by atoms with van der Waals surface area (Å²) in [5, 5.41) is 3.60. The Kier molecular flexibility index (Phi) is 4.66. The largest absolute Gasteiger partial charge is 0.302 e. The average molecular weight is 278 g/mol. The smallest absolute Gasteiger partial charge is 0.123 e. The molecule has 0 spiro atoms. The molecule has 2 nitrogen and oxygen atoms in total. The van der Waals surface area contributed by atoms with Crippen LogP contribution in [0.5, 0.6) is 0 Å². The molecular formula is C15H19FN2S. The number of halogens is 1. The molecule has 19 heavy (non-hydrogen) atoms.